The standard InChI is InChI=1S/C8H14O2/c1-4-6-7(3)10-8(9)5-2/h4,7H,1,5-6H2,2-3H3. The molecule has 0 bridgehead atoms. The van der Waals surface area contributed by atoms with Gasteiger partial charge in [-0.1, -0.05) is 13.0 Å². The largest absolute Gasteiger partial charge is 0.462 e. The number of carbonyl (C=O) groups is 1. The summed E-state index contributed by atoms with van der Waals surface area (Å²) in [6.45, 7) is 7.18. The topological polar surface area (TPSA) is 26.3 Å². The van der Waals surface area contributed by atoms with Crippen LogP contribution in [0.5, 0.6) is 0 Å². The van der Waals surface area contributed by atoms with Crippen LogP contribution in [0.15, 0.2) is 12.7 Å². The Hall–Kier alpha value is -0.790. The van der Waals surface area contributed by atoms with Crippen LogP contribution >= 0.6 is 0 Å². The van der Waals surface area contributed by atoms with Crippen molar-refractivity contribution < 1.29 is 9.53 Å². The average Bonchev–Trinajstić information content (AvgIpc) is 1.88. The Labute approximate surface area is 61.9 Å². The van der Waals surface area contributed by atoms with E-state index in [2.05, 4.69) is 6.58 Å². The molecule has 0 aliphatic rings. The molecule has 0 radical (unpaired) electrons. The van der Waals surface area contributed by atoms with Crippen molar-refractivity contribution >= 4 is 5.97 Å². The van der Waals surface area contributed by atoms with Crippen LogP contribution in [0.1, 0.15) is 26.7 Å². The van der Waals surface area contributed by atoms with Crippen molar-refractivity contribution in [1.82, 2.24) is 0 Å². The lowest BCUT2D eigenvalue weighted by molar-refractivity contribution is -0.147. The summed E-state index contributed by atoms with van der Waals surface area (Å²) in [5.74, 6) is -0.144. The van der Waals surface area contributed by atoms with E-state index in [0.717, 1.165) is 6.42 Å². The second-order valence-electron chi connectivity index (χ2n) is 2.18. The monoisotopic (exact) mass is 142 g/mol. The van der Waals surface area contributed by atoms with Crippen LogP contribution < -0.4 is 0 Å². The van der Waals surface area contributed by atoms with Crippen molar-refractivity contribution in [2.24, 2.45) is 0 Å². The Morgan fingerprint density at radius 1 is 1.80 bits per heavy atom. The molecule has 0 saturated heterocycles. The van der Waals surface area contributed by atoms with Gasteiger partial charge in [0, 0.05) is 12.8 Å². The van der Waals surface area contributed by atoms with Crippen LogP contribution in [0.25, 0.3) is 0 Å². The first-order valence-corrected chi connectivity index (χ1v) is 3.51. The maximum Gasteiger partial charge on any atom is 0.305 e. The van der Waals surface area contributed by atoms with Gasteiger partial charge in [0.25, 0.3) is 0 Å². The molecule has 0 aromatic carbocycles. The molecule has 0 aliphatic carbocycles. The van der Waals surface area contributed by atoms with Gasteiger partial charge < -0.3 is 4.74 Å². The first-order valence-electron chi connectivity index (χ1n) is 3.51. The van der Waals surface area contributed by atoms with E-state index in [-0.39, 0.29) is 12.1 Å². The van der Waals surface area contributed by atoms with Gasteiger partial charge in [0.1, 0.15) is 6.10 Å². The quantitative estimate of drug-likeness (QED) is 0.442. The van der Waals surface area contributed by atoms with E-state index in [9.17, 15) is 4.79 Å². The summed E-state index contributed by atoms with van der Waals surface area (Å²) < 4.78 is 4.93. The molecule has 0 aromatic rings. The molecule has 0 rings (SSSR count). The summed E-state index contributed by atoms with van der Waals surface area (Å²) in [4.78, 5) is 10.6. The third-order valence-corrected chi connectivity index (χ3v) is 1.12. The van der Waals surface area contributed by atoms with Crippen LogP contribution in [-0.2, 0) is 9.53 Å². The van der Waals surface area contributed by atoms with Crippen LogP contribution in [0, 0.1) is 0 Å². The molecule has 0 fully saturated rings. The zero-order valence-electron chi connectivity index (χ0n) is 6.59. The molecule has 0 aromatic heterocycles. The Bertz CT molecular complexity index is 118. The molecule has 1 atom stereocenters. The fourth-order valence-electron chi connectivity index (χ4n) is 0.591. The van der Waals surface area contributed by atoms with Gasteiger partial charge in [-0.25, -0.2) is 0 Å². The minimum atomic E-state index is -0.144. The SMILES string of the molecule is C=CCC(C)OC(=O)CC. The van der Waals surface area contributed by atoms with Crippen molar-refractivity contribution in [2.45, 2.75) is 32.8 Å². The molecular formula is C8H14O2. The van der Waals surface area contributed by atoms with Gasteiger partial charge in [0.15, 0.2) is 0 Å². The summed E-state index contributed by atoms with van der Waals surface area (Å²) in [6.07, 6.45) is 2.89. The van der Waals surface area contributed by atoms with E-state index in [1.165, 1.54) is 0 Å². The molecule has 0 amide bonds. The first-order chi connectivity index (χ1) is 4.70. The van der Waals surface area contributed by atoms with E-state index in [1.54, 1.807) is 13.0 Å². The van der Waals surface area contributed by atoms with Crippen molar-refractivity contribution in [1.29, 1.82) is 0 Å². The number of rotatable bonds is 4. The lowest BCUT2D eigenvalue weighted by atomic mass is 10.3. The van der Waals surface area contributed by atoms with Gasteiger partial charge in [-0.3, -0.25) is 4.79 Å². The fraction of sp³-hybridized carbons (Fsp3) is 0.625. The maximum absolute atomic E-state index is 10.6. The van der Waals surface area contributed by atoms with E-state index < -0.39 is 0 Å². The van der Waals surface area contributed by atoms with E-state index in [4.69, 9.17) is 4.74 Å². The van der Waals surface area contributed by atoms with Gasteiger partial charge in [-0.05, 0) is 6.92 Å². The van der Waals surface area contributed by atoms with E-state index >= 15 is 0 Å². The zero-order chi connectivity index (χ0) is 7.98. The Kier molecular flexibility index (Phi) is 4.63. The molecule has 0 heterocycles. The first kappa shape index (κ1) is 9.21. The highest BCUT2D eigenvalue weighted by molar-refractivity contribution is 5.69. The van der Waals surface area contributed by atoms with Crippen molar-refractivity contribution in [3.63, 3.8) is 0 Å². The second-order valence-corrected chi connectivity index (χ2v) is 2.18. The molecule has 1 unspecified atom stereocenters. The van der Waals surface area contributed by atoms with Gasteiger partial charge in [-0.15, -0.1) is 6.58 Å². The third-order valence-electron chi connectivity index (χ3n) is 1.12. The van der Waals surface area contributed by atoms with Crippen molar-refractivity contribution in [3.8, 4) is 0 Å². The van der Waals surface area contributed by atoms with Crippen molar-refractivity contribution in [3.05, 3.63) is 12.7 Å². The predicted octanol–water partition coefficient (Wildman–Crippen LogP) is 1.90. The minimum Gasteiger partial charge on any atom is -0.462 e. The highest BCUT2D eigenvalue weighted by Crippen LogP contribution is 1.99. The average molecular weight is 142 g/mol. The van der Waals surface area contributed by atoms with Gasteiger partial charge in [0.2, 0.25) is 0 Å². The molecule has 2 nitrogen and oxygen atoms in total. The van der Waals surface area contributed by atoms with Crippen LogP contribution in [-0.4, -0.2) is 12.1 Å². The Balaban J connectivity index is 3.46. The molecule has 0 N–H and O–H groups in total. The molecule has 2 heteroatoms. The molecule has 0 aliphatic heterocycles. The summed E-state index contributed by atoms with van der Waals surface area (Å²) in [5, 5.41) is 0. The summed E-state index contributed by atoms with van der Waals surface area (Å²) in [5.41, 5.74) is 0. The highest BCUT2D eigenvalue weighted by atomic mass is 16.5. The number of carbonyl (C=O) groups excluding carboxylic acids is 1. The third kappa shape index (κ3) is 4.13. The normalized spacial score (nSPS) is 12.2. The lowest BCUT2D eigenvalue weighted by Crippen LogP contribution is -2.12. The molecular weight excluding hydrogens is 128 g/mol. The number of hydrogen-bond acceptors (Lipinski definition) is 2. The van der Waals surface area contributed by atoms with Gasteiger partial charge in [0.05, 0.1) is 0 Å². The van der Waals surface area contributed by atoms with Crippen LogP contribution in [0.4, 0.5) is 0 Å². The smallest absolute Gasteiger partial charge is 0.305 e. The zero-order valence-corrected chi connectivity index (χ0v) is 6.59. The minimum absolute atomic E-state index is 0.0232. The van der Waals surface area contributed by atoms with E-state index in [0.29, 0.717) is 6.42 Å². The Morgan fingerprint density at radius 2 is 2.40 bits per heavy atom. The van der Waals surface area contributed by atoms with Gasteiger partial charge in [-0.2, -0.15) is 0 Å². The summed E-state index contributed by atoms with van der Waals surface area (Å²) in [7, 11) is 0. The summed E-state index contributed by atoms with van der Waals surface area (Å²) >= 11 is 0. The van der Waals surface area contributed by atoms with Crippen LogP contribution in [0.2, 0.25) is 0 Å². The van der Waals surface area contributed by atoms with E-state index in [1.807, 2.05) is 6.92 Å². The lowest BCUT2D eigenvalue weighted by Gasteiger charge is -2.08. The molecule has 0 saturated carbocycles. The predicted molar refractivity (Wildman–Crippen MR) is 40.7 cm³/mol. The number of esters is 1. The summed E-state index contributed by atoms with van der Waals surface area (Å²) in [6, 6.07) is 0. The van der Waals surface area contributed by atoms with Crippen LogP contribution in [0.3, 0.4) is 0 Å². The maximum atomic E-state index is 10.6. The number of hydrogen-bond donors (Lipinski definition) is 0. The molecule has 10 heavy (non-hydrogen) atoms. The van der Waals surface area contributed by atoms with Gasteiger partial charge >= 0.3 is 5.97 Å². The highest BCUT2D eigenvalue weighted by Gasteiger charge is 2.03. The fourth-order valence-corrected chi connectivity index (χ4v) is 0.591. The molecule has 0 spiro atoms. The van der Waals surface area contributed by atoms with Crippen molar-refractivity contribution in [2.75, 3.05) is 0 Å². The number of ether oxygens (including phenoxy) is 1. The molecule has 58 valence electrons. The second kappa shape index (κ2) is 5.03. The Morgan fingerprint density at radius 3 is 2.80 bits per heavy atom.